The average molecular weight is 391 g/mol. The van der Waals surface area contributed by atoms with Gasteiger partial charge in [-0.1, -0.05) is 6.07 Å². The van der Waals surface area contributed by atoms with Gasteiger partial charge in [0.25, 0.3) is 12.3 Å². The first kappa shape index (κ1) is 14.9. The van der Waals surface area contributed by atoms with E-state index >= 15 is 0 Å². The van der Waals surface area contributed by atoms with Gasteiger partial charge < -0.3 is 5.32 Å². The van der Waals surface area contributed by atoms with Gasteiger partial charge in [-0.05, 0) is 47.2 Å². The van der Waals surface area contributed by atoms with Crippen molar-refractivity contribution in [3.05, 3.63) is 45.3 Å². The summed E-state index contributed by atoms with van der Waals surface area (Å²) in [7, 11) is 0. The van der Waals surface area contributed by atoms with Gasteiger partial charge in [0.05, 0.1) is 11.9 Å². The molecule has 0 fully saturated rings. The molecule has 0 aliphatic rings. The Labute approximate surface area is 128 Å². The first-order valence-corrected chi connectivity index (χ1v) is 6.91. The molecule has 1 aromatic carbocycles. The normalized spacial score (nSPS) is 10.8. The van der Waals surface area contributed by atoms with Crippen molar-refractivity contribution in [2.45, 2.75) is 19.9 Å². The van der Waals surface area contributed by atoms with Crippen LogP contribution in [0.1, 0.15) is 15.9 Å². The van der Waals surface area contributed by atoms with Crippen LogP contribution in [0.4, 0.5) is 14.5 Å². The minimum absolute atomic E-state index is 0.292. The van der Waals surface area contributed by atoms with Crippen LogP contribution in [0.5, 0.6) is 0 Å². The van der Waals surface area contributed by atoms with Gasteiger partial charge in [-0.25, -0.2) is 8.78 Å². The molecule has 1 N–H and O–H groups in total. The molecule has 106 valence electrons. The second-order valence-corrected chi connectivity index (χ2v) is 5.42. The van der Waals surface area contributed by atoms with Gasteiger partial charge in [0.15, 0.2) is 0 Å². The summed E-state index contributed by atoms with van der Waals surface area (Å²) in [6.07, 6.45) is 0.250. The number of rotatable bonds is 4. The van der Waals surface area contributed by atoms with Crippen molar-refractivity contribution in [2.24, 2.45) is 0 Å². The van der Waals surface area contributed by atoms with Crippen molar-refractivity contribution in [3.8, 4) is 0 Å². The molecule has 4 nitrogen and oxygen atoms in total. The Morgan fingerprint density at radius 2 is 2.25 bits per heavy atom. The Morgan fingerprint density at radius 3 is 2.90 bits per heavy atom. The Morgan fingerprint density at radius 1 is 1.50 bits per heavy atom. The smallest absolute Gasteiger partial charge is 0.257 e. The van der Waals surface area contributed by atoms with Crippen LogP contribution in [0.15, 0.2) is 30.6 Å². The monoisotopic (exact) mass is 391 g/mol. The van der Waals surface area contributed by atoms with E-state index in [-0.39, 0.29) is 5.91 Å². The van der Waals surface area contributed by atoms with Crippen LogP contribution >= 0.6 is 22.6 Å². The molecule has 1 aromatic heterocycles. The molecule has 1 heterocycles. The van der Waals surface area contributed by atoms with Crippen molar-refractivity contribution in [1.29, 1.82) is 0 Å². The van der Waals surface area contributed by atoms with E-state index < -0.39 is 13.0 Å². The number of aryl methyl sites for hydroxylation is 1. The highest BCUT2D eigenvalue weighted by Crippen LogP contribution is 2.15. The van der Waals surface area contributed by atoms with Crippen LogP contribution < -0.4 is 5.32 Å². The third-order valence-electron chi connectivity index (χ3n) is 2.65. The van der Waals surface area contributed by atoms with Gasteiger partial charge >= 0.3 is 0 Å². The summed E-state index contributed by atoms with van der Waals surface area (Å²) < 4.78 is 26.5. The van der Waals surface area contributed by atoms with Gasteiger partial charge in [-0.3, -0.25) is 9.48 Å². The highest BCUT2D eigenvalue weighted by molar-refractivity contribution is 14.1. The molecule has 0 saturated heterocycles. The number of alkyl halides is 2. The standard InChI is InChI=1S/C13H12F2IN3O/c1-8-2-3-9(4-11(8)16)13(20)18-10-5-17-19(6-10)7-12(14)15/h2-6,12H,7H2,1H3,(H,18,20). The number of nitrogens with zero attached hydrogens (tertiary/aromatic N) is 2. The average Bonchev–Trinajstić information content (AvgIpc) is 2.79. The largest absolute Gasteiger partial charge is 0.319 e. The lowest BCUT2D eigenvalue weighted by Gasteiger charge is -2.04. The maximum absolute atomic E-state index is 12.2. The molecule has 0 spiro atoms. The first-order chi connectivity index (χ1) is 9.45. The lowest BCUT2D eigenvalue weighted by Crippen LogP contribution is -2.12. The number of aromatic nitrogens is 2. The maximum Gasteiger partial charge on any atom is 0.257 e. The quantitative estimate of drug-likeness (QED) is 0.814. The summed E-state index contributed by atoms with van der Waals surface area (Å²) in [5.41, 5.74) is 2.00. The number of hydrogen-bond donors (Lipinski definition) is 1. The second-order valence-electron chi connectivity index (χ2n) is 4.26. The SMILES string of the molecule is Cc1ccc(C(=O)Nc2cnn(CC(F)F)c2)cc1I. The molecule has 0 saturated carbocycles. The molecule has 0 radical (unpaired) electrons. The van der Waals surface area contributed by atoms with E-state index in [1.807, 2.05) is 13.0 Å². The minimum atomic E-state index is -2.47. The van der Waals surface area contributed by atoms with Crippen molar-refractivity contribution < 1.29 is 13.6 Å². The van der Waals surface area contributed by atoms with Gasteiger partial charge in [-0.15, -0.1) is 0 Å². The Kier molecular flexibility index (Phi) is 4.69. The Balaban J connectivity index is 2.07. The van der Waals surface area contributed by atoms with E-state index in [9.17, 15) is 13.6 Å². The molecule has 1 amide bonds. The van der Waals surface area contributed by atoms with Gasteiger partial charge in [0.2, 0.25) is 0 Å². The zero-order valence-corrected chi connectivity index (χ0v) is 12.8. The van der Waals surface area contributed by atoms with Crippen LogP contribution in [0.2, 0.25) is 0 Å². The van der Waals surface area contributed by atoms with E-state index in [4.69, 9.17) is 0 Å². The number of nitrogens with one attached hydrogen (secondary N) is 1. The molecule has 2 rings (SSSR count). The molecular formula is C13H12F2IN3O. The summed E-state index contributed by atoms with van der Waals surface area (Å²) >= 11 is 2.15. The molecule has 0 aliphatic heterocycles. The summed E-state index contributed by atoms with van der Waals surface area (Å²) in [5.74, 6) is -0.292. The molecule has 0 bridgehead atoms. The number of hydrogen-bond acceptors (Lipinski definition) is 2. The summed E-state index contributed by atoms with van der Waals surface area (Å²) in [5, 5.41) is 6.38. The van der Waals surface area contributed by atoms with Crippen molar-refractivity contribution in [2.75, 3.05) is 5.32 Å². The van der Waals surface area contributed by atoms with E-state index in [0.717, 1.165) is 13.8 Å². The number of carbonyl (C=O) groups is 1. The zero-order chi connectivity index (χ0) is 14.7. The third-order valence-corrected chi connectivity index (χ3v) is 3.81. The molecule has 2 aromatic rings. The van der Waals surface area contributed by atoms with Gasteiger partial charge in [0, 0.05) is 15.3 Å². The second kappa shape index (κ2) is 6.29. The van der Waals surface area contributed by atoms with E-state index in [1.165, 1.54) is 12.4 Å². The molecule has 20 heavy (non-hydrogen) atoms. The zero-order valence-electron chi connectivity index (χ0n) is 10.6. The van der Waals surface area contributed by atoms with Crippen LogP contribution in [-0.4, -0.2) is 22.1 Å². The van der Waals surface area contributed by atoms with Gasteiger partial charge in [0.1, 0.15) is 6.54 Å². The van der Waals surface area contributed by atoms with Crippen molar-refractivity contribution in [1.82, 2.24) is 9.78 Å². The van der Waals surface area contributed by atoms with Crippen LogP contribution in [0.3, 0.4) is 0 Å². The minimum Gasteiger partial charge on any atom is -0.319 e. The lowest BCUT2D eigenvalue weighted by molar-refractivity contribution is 0.102. The number of benzene rings is 1. The predicted octanol–water partition coefficient (Wildman–Crippen LogP) is 3.31. The fourth-order valence-corrected chi connectivity index (χ4v) is 2.12. The van der Waals surface area contributed by atoms with Crippen LogP contribution in [0, 0.1) is 10.5 Å². The third kappa shape index (κ3) is 3.75. The highest BCUT2D eigenvalue weighted by atomic mass is 127. The Bertz CT molecular complexity index is 628. The fraction of sp³-hybridized carbons (Fsp3) is 0.231. The number of carbonyl (C=O) groups excluding carboxylic acids is 1. The van der Waals surface area contributed by atoms with Crippen molar-refractivity contribution >= 4 is 34.2 Å². The Hall–Kier alpha value is -1.51. The summed E-state index contributed by atoms with van der Waals surface area (Å²) in [4.78, 5) is 12.0. The summed E-state index contributed by atoms with van der Waals surface area (Å²) in [6.45, 7) is 1.47. The van der Waals surface area contributed by atoms with Crippen LogP contribution in [0.25, 0.3) is 0 Å². The predicted molar refractivity (Wildman–Crippen MR) is 80.1 cm³/mol. The number of anilines is 1. The van der Waals surface area contributed by atoms with E-state index in [1.54, 1.807) is 12.1 Å². The summed E-state index contributed by atoms with van der Waals surface area (Å²) in [6, 6.07) is 5.35. The van der Waals surface area contributed by atoms with E-state index in [0.29, 0.717) is 11.3 Å². The molecule has 0 unspecified atom stereocenters. The van der Waals surface area contributed by atoms with Gasteiger partial charge in [-0.2, -0.15) is 5.10 Å². The topological polar surface area (TPSA) is 46.9 Å². The molecule has 7 heteroatoms. The first-order valence-electron chi connectivity index (χ1n) is 5.84. The molecule has 0 aliphatic carbocycles. The highest BCUT2D eigenvalue weighted by Gasteiger charge is 2.10. The maximum atomic E-state index is 12.2. The lowest BCUT2D eigenvalue weighted by atomic mass is 10.1. The van der Waals surface area contributed by atoms with Crippen LogP contribution in [-0.2, 0) is 6.54 Å². The fourth-order valence-electron chi connectivity index (χ4n) is 1.61. The number of halogens is 3. The van der Waals surface area contributed by atoms with E-state index in [2.05, 4.69) is 33.0 Å². The molecular weight excluding hydrogens is 379 g/mol. The molecule has 0 atom stereocenters. The number of amides is 1. The van der Waals surface area contributed by atoms with Crippen molar-refractivity contribution in [3.63, 3.8) is 0 Å².